The molecule has 0 heterocycles. The lowest BCUT2D eigenvalue weighted by atomic mass is 9.90. The SMILES string of the molecule is CCCCC[C@H](O)/C=C/[C@H]1[C@H](O)CC(=O)[C@@H]1CC(=O)O. The zero-order chi connectivity index (χ0) is 15.1. The highest BCUT2D eigenvalue weighted by Crippen LogP contribution is 2.33. The summed E-state index contributed by atoms with van der Waals surface area (Å²) in [6.07, 6.45) is 5.18. The predicted molar refractivity (Wildman–Crippen MR) is 74.2 cm³/mol. The summed E-state index contributed by atoms with van der Waals surface area (Å²) in [5.74, 6) is -2.43. The highest BCUT2D eigenvalue weighted by Gasteiger charge is 2.41. The van der Waals surface area contributed by atoms with E-state index in [0.717, 1.165) is 19.3 Å². The summed E-state index contributed by atoms with van der Waals surface area (Å²) in [5, 5.41) is 28.4. The van der Waals surface area contributed by atoms with Crippen LogP contribution in [0.15, 0.2) is 12.2 Å². The van der Waals surface area contributed by atoms with Gasteiger partial charge in [-0.25, -0.2) is 0 Å². The molecule has 0 spiro atoms. The summed E-state index contributed by atoms with van der Waals surface area (Å²) < 4.78 is 0. The van der Waals surface area contributed by atoms with Gasteiger partial charge in [0.2, 0.25) is 0 Å². The van der Waals surface area contributed by atoms with E-state index in [0.29, 0.717) is 6.42 Å². The molecule has 0 aromatic rings. The molecule has 1 saturated carbocycles. The first-order valence-corrected chi connectivity index (χ1v) is 7.24. The number of hydrogen-bond acceptors (Lipinski definition) is 4. The predicted octanol–water partition coefficient (Wildman–Crippen LogP) is 1.52. The van der Waals surface area contributed by atoms with Crippen LogP contribution in [0.1, 0.15) is 45.4 Å². The smallest absolute Gasteiger partial charge is 0.304 e. The van der Waals surface area contributed by atoms with Crippen molar-refractivity contribution in [3.05, 3.63) is 12.2 Å². The normalized spacial score (nSPS) is 28.1. The molecule has 114 valence electrons. The molecule has 0 saturated heterocycles. The number of aliphatic hydroxyl groups excluding tert-OH is 2. The van der Waals surface area contributed by atoms with Crippen molar-refractivity contribution in [3.63, 3.8) is 0 Å². The Morgan fingerprint density at radius 2 is 2.15 bits per heavy atom. The number of aliphatic hydroxyl groups is 2. The molecular formula is C15H24O5. The lowest BCUT2D eigenvalue weighted by Crippen LogP contribution is -2.21. The number of aliphatic carboxylic acids is 1. The second-order valence-corrected chi connectivity index (χ2v) is 5.47. The van der Waals surface area contributed by atoms with Crippen molar-refractivity contribution in [1.29, 1.82) is 0 Å². The molecule has 1 aliphatic carbocycles. The first-order chi connectivity index (χ1) is 9.45. The van der Waals surface area contributed by atoms with Crippen molar-refractivity contribution in [2.75, 3.05) is 0 Å². The minimum absolute atomic E-state index is 0.00111. The van der Waals surface area contributed by atoms with Crippen LogP contribution in [-0.4, -0.2) is 39.3 Å². The van der Waals surface area contributed by atoms with Crippen LogP contribution < -0.4 is 0 Å². The summed E-state index contributed by atoms with van der Waals surface area (Å²) >= 11 is 0. The molecule has 0 aromatic carbocycles. The molecule has 5 nitrogen and oxygen atoms in total. The second-order valence-electron chi connectivity index (χ2n) is 5.47. The van der Waals surface area contributed by atoms with Gasteiger partial charge in [0.25, 0.3) is 0 Å². The van der Waals surface area contributed by atoms with E-state index in [1.165, 1.54) is 0 Å². The van der Waals surface area contributed by atoms with Crippen LogP contribution >= 0.6 is 0 Å². The quantitative estimate of drug-likeness (QED) is 0.464. The van der Waals surface area contributed by atoms with Gasteiger partial charge in [-0.05, 0) is 6.42 Å². The number of ketones is 1. The van der Waals surface area contributed by atoms with E-state index in [9.17, 15) is 19.8 Å². The monoisotopic (exact) mass is 284 g/mol. The van der Waals surface area contributed by atoms with Crippen LogP contribution in [0.2, 0.25) is 0 Å². The van der Waals surface area contributed by atoms with Gasteiger partial charge in [-0.3, -0.25) is 9.59 Å². The minimum atomic E-state index is -1.04. The van der Waals surface area contributed by atoms with Gasteiger partial charge in [0.1, 0.15) is 5.78 Å². The van der Waals surface area contributed by atoms with Gasteiger partial charge >= 0.3 is 5.97 Å². The fraction of sp³-hybridized carbons (Fsp3) is 0.733. The maximum Gasteiger partial charge on any atom is 0.304 e. The Morgan fingerprint density at radius 3 is 2.75 bits per heavy atom. The van der Waals surface area contributed by atoms with Gasteiger partial charge in [-0.1, -0.05) is 38.3 Å². The molecular weight excluding hydrogens is 260 g/mol. The molecule has 0 radical (unpaired) electrons. The minimum Gasteiger partial charge on any atom is -0.481 e. The van der Waals surface area contributed by atoms with E-state index < -0.39 is 30.0 Å². The Bertz CT molecular complexity index is 363. The Labute approximate surface area is 119 Å². The Balaban J connectivity index is 2.57. The molecule has 0 amide bonds. The third kappa shape index (κ3) is 5.06. The standard InChI is InChI=1S/C15H24O5/c1-2-3-4-5-10(16)6-7-11-12(8-15(19)20)14(18)9-13(11)17/h6-7,10-13,16-17H,2-5,8-9H2,1H3,(H,19,20)/b7-6+/t10-,11+,12+,13+/m0/s1. The third-order valence-corrected chi connectivity index (χ3v) is 3.79. The largest absolute Gasteiger partial charge is 0.481 e. The van der Waals surface area contributed by atoms with Crippen LogP contribution in [0.25, 0.3) is 0 Å². The summed E-state index contributed by atoms with van der Waals surface area (Å²) in [6.45, 7) is 2.08. The fourth-order valence-corrected chi connectivity index (χ4v) is 2.63. The molecule has 0 unspecified atom stereocenters. The molecule has 20 heavy (non-hydrogen) atoms. The Morgan fingerprint density at radius 1 is 1.45 bits per heavy atom. The highest BCUT2D eigenvalue weighted by molar-refractivity contribution is 5.88. The summed E-state index contributed by atoms with van der Waals surface area (Å²) in [7, 11) is 0. The average Bonchev–Trinajstić information content (AvgIpc) is 2.62. The van der Waals surface area contributed by atoms with Crippen LogP contribution in [-0.2, 0) is 9.59 Å². The van der Waals surface area contributed by atoms with Gasteiger partial charge in [-0.2, -0.15) is 0 Å². The highest BCUT2D eigenvalue weighted by atomic mass is 16.4. The van der Waals surface area contributed by atoms with Crippen LogP contribution in [0.5, 0.6) is 0 Å². The molecule has 3 N–H and O–H groups in total. The van der Waals surface area contributed by atoms with E-state index in [1.807, 2.05) is 0 Å². The van der Waals surface area contributed by atoms with E-state index in [2.05, 4.69) is 6.92 Å². The zero-order valence-corrected chi connectivity index (χ0v) is 11.9. The number of carbonyl (C=O) groups is 2. The number of rotatable bonds is 8. The van der Waals surface area contributed by atoms with Crippen molar-refractivity contribution in [1.82, 2.24) is 0 Å². The number of Topliss-reactive ketones (excluding diaryl/α,β-unsaturated/α-hetero) is 1. The van der Waals surface area contributed by atoms with Crippen LogP contribution in [0, 0.1) is 11.8 Å². The van der Waals surface area contributed by atoms with Gasteiger partial charge in [0, 0.05) is 18.3 Å². The lowest BCUT2D eigenvalue weighted by Gasteiger charge is -2.16. The molecule has 0 aliphatic heterocycles. The second kappa shape index (κ2) is 8.17. The fourth-order valence-electron chi connectivity index (χ4n) is 2.63. The van der Waals surface area contributed by atoms with Crippen molar-refractivity contribution in [2.45, 2.75) is 57.7 Å². The van der Waals surface area contributed by atoms with E-state index in [1.54, 1.807) is 12.2 Å². The van der Waals surface area contributed by atoms with Crippen molar-refractivity contribution in [3.8, 4) is 0 Å². The molecule has 1 fully saturated rings. The maximum absolute atomic E-state index is 11.7. The Hall–Kier alpha value is -1.20. The van der Waals surface area contributed by atoms with Crippen molar-refractivity contribution < 1.29 is 24.9 Å². The van der Waals surface area contributed by atoms with E-state index in [-0.39, 0.29) is 18.6 Å². The van der Waals surface area contributed by atoms with Crippen LogP contribution in [0.3, 0.4) is 0 Å². The van der Waals surface area contributed by atoms with Gasteiger partial charge < -0.3 is 15.3 Å². The average molecular weight is 284 g/mol. The third-order valence-electron chi connectivity index (χ3n) is 3.79. The van der Waals surface area contributed by atoms with Crippen molar-refractivity contribution >= 4 is 11.8 Å². The zero-order valence-electron chi connectivity index (χ0n) is 11.9. The maximum atomic E-state index is 11.7. The topological polar surface area (TPSA) is 94.8 Å². The molecule has 1 rings (SSSR count). The first kappa shape index (κ1) is 16.9. The molecule has 0 aromatic heterocycles. The molecule has 4 atom stereocenters. The molecule has 5 heteroatoms. The number of carbonyl (C=O) groups excluding carboxylic acids is 1. The van der Waals surface area contributed by atoms with E-state index in [4.69, 9.17) is 5.11 Å². The lowest BCUT2D eigenvalue weighted by molar-refractivity contribution is -0.140. The van der Waals surface area contributed by atoms with Gasteiger partial charge in [-0.15, -0.1) is 0 Å². The Kier molecular flexibility index (Phi) is 6.88. The molecule has 0 bridgehead atoms. The van der Waals surface area contributed by atoms with Gasteiger partial charge in [0.15, 0.2) is 0 Å². The number of carboxylic acids is 1. The number of carboxylic acid groups (broad SMARTS) is 1. The summed E-state index contributed by atoms with van der Waals surface area (Å²) in [5.41, 5.74) is 0. The molecule has 1 aliphatic rings. The first-order valence-electron chi connectivity index (χ1n) is 7.24. The van der Waals surface area contributed by atoms with Gasteiger partial charge in [0.05, 0.1) is 18.6 Å². The number of hydrogen-bond donors (Lipinski definition) is 3. The summed E-state index contributed by atoms with van der Waals surface area (Å²) in [6, 6.07) is 0. The summed E-state index contributed by atoms with van der Waals surface area (Å²) in [4.78, 5) is 22.4. The van der Waals surface area contributed by atoms with E-state index >= 15 is 0 Å². The number of unbranched alkanes of at least 4 members (excludes halogenated alkanes) is 2. The van der Waals surface area contributed by atoms with Crippen molar-refractivity contribution in [2.24, 2.45) is 11.8 Å². The van der Waals surface area contributed by atoms with Crippen LogP contribution in [0.4, 0.5) is 0 Å².